The third-order valence-electron chi connectivity index (χ3n) is 2.05. The van der Waals surface area contributed by atoms with Crippen molar-refractivity contribution in [1.82, 2.24) is 9.97 Å². The molecule has 0 aliphatic heterocycles. The van der Waals surface area contributed by atoms with Crippen LogP contribution in [-0.2, 0) is 0 Å². The Morgan fingerprint density at radius 3 is 2.72 bits per heavy atom. The van der Waals surface area contributed by atoms with E-state index in [-0.39, 0.29) is 5.69 Å². The highest BCUT2D eigenvalue weighted by Gasteiger charge is 2.10. The number of aromatic nitrogens is 2. The highest BCUT2D eigenvalue weighted by Crippen LogP contribution is 2.22. The van der Waals surface area contributed by atoms with Crippen molar-refractivity contribution in [2.45, 2.75) is 0 Å². The van der Waals surface area contributed by atoms with Crippen molar-refractivity contribution in [2.24, 2.45) is 0 Å². The lowest BCUT2D eigenvalue weighted by atomic mass is 10.3. The number of amides is 1. The number of nitrogen functional groups attached to an aromatic ring is 1. The van der Waals surface area contributed by atoms with E-state index >= 15 is 0 Å². The molecule has 0 spiro atoms. The lowest BCUT2D eigenvalue weighted by Gasteiger charge is -2.06. The summed E-state index contributed by atoms with van der Waals surface area (Å²) in [6, 6.07) is 4.06. The summed E-state index contributed by atoms with van der Waals surface area (Å²) in [5.41, 5.74) is 6.10. The standard InChI is InChI=1S/C11H8BrFN4O/c12-8-3-7(14)5-16-10(8)17-11(18)9-2-1-6(13)4-15-9/h1-5H,14H2,(H,16,17,18). The second kappa shape index (κ2) is 5.09. The Balaban J connectivity index is 2.18. The molecular formula is C11H8BrFN4O. The SMILES string of the molecule is Nc1cnc(NC(=O)c2ccc(F)cn2)c(Br)c1. The predicted molar refractivity (Wildman–Crippen MR) is 68.5 cm³/mol. The van der Waals surface area contributed by atoms with Crippen LogP contribution >= 0.6 is 15.9 Å². The molecule has 3 N–H and O–H groups in total. The number of hydrogen-bond acceptors (Lipinski definition) is 4. The number of nitrogens with two attached hydrogens (primary N) is 1. The number of anilines is 2. The van der Waals surface area contributed by atoms with Gasteiger partial charge in [-0.2, -0.15) is 0 Å². The number of halogens is 2. The third kappa shape index (κ3) is 2.80. The Labute approximate surface area is 110 Å². The quantitative estimate of drug-likeness (QED) is 0.891. The zero-order chi connectivity index (χ0) is 13.1. The summed E-state index contributed by atoms with van der Waals surface area (Å²) in [5, 5.41) is 2.54. The van der Waals surface area contributed by atoms with Gasteiger partial charge in [-0.3, -0.25) is 4.79 Å². The first-order valence-corrected chi connectivity index (χ1v) is 5.69. The largest absolute Gasteiger partial charge is 0.397 e. The molecular weight excluding hydrogens is 303 g/mol. The maximum atomic E-state index is 12.7. The maximum Gasteiger partial charge on any atom is 0.275 e. The molecule has 0 saturated carbocycles. The fourth-order valence-electron chi connectivity index (χ4n) is 1.23. The molecule has 0 aliphatic carbocycles. The zero-order valence-electron chi connectivity index (χ0n) is 9.02. The minimum atomic E-state index is -0.502. The van der Waals surface area contributed by atoms with Gasteiger partial charge in [0.15, 0.2) is 0 Å². The smallest absolute Gasteiger partial charge is 0.275 e. The molecule has 2 aromatic heterocycles. The Hall–Kier alpha value is -2.02. The van der Waals surface area contributed by atoms with Gasteiger partial charge in [0, 0.05) is 0 Å². The van der Waals surface area contributed by atoms with E-state index in [1.54, 1.807) is 6.07 Å². The number of carbonyl (C=O) groups excluding carboxylic acids is 1. The average molecular weight is 311 g/mol. The van der Waals surface area contributed by atoms with E-state index in [9.17, 15) is 9.18 Å². The van der Waals surface area contributed by atoms with E-state index in [1.807, 2.05) is 0 Å². The highest BCUT2D eigenvalue weighted by molar-refractivity contribution is 9.10. The van der Waals surface area contributed by atoms with Crippen molar-refractivity contribution in [3.05, 3.63) is 46.6 Å². The monoisotopic (exact) mass is 310 g/mol. The summed E-state index contributed by atoms with van der Waals surface area (Å²) < 4.78 is 13.2. The molecule has 0 radical (unpaired) electrons. The number of nitrogens with one attached hydrogen (secondary N) is 1. The number of carbonyl (C=O) groups is 1. The predicted octanol–water partition coefficient (Wildman–Crippen LogP) is 2.21. The molecule has 0 bridgehead atoms. The summed E-state index contributed by atoms with van der Waals surface area (Å²) >= 11 is 3.22. The van der Waals surface area contributed by atoms with Crippen molar-refractivity contribution in [3.8, 4) is 0 Å². The van der Waals surface area contributed by atoms with Gasteiger partial charge in [0.05, 0.1) is 22.6 Å². The van der Waals surface area contributed by atoms with E-state index < -0.39 is 11.7 Å². The molecule has 92 valence electrons. The molecule has 5 nitrogen and oxygen atoms in total. The van der Waals surface area contributed by atoms with Crippen molar-refractivity contribution in [2.75, 3.05) is 11.1 Å². The molecule has 0 fully saturated rings. The van der Waals surface area contributed by atoms with Crippen LogP contribution in [0.2, 0.25) is 0 Å². The minimum Gasteiger partial charge on any atom is -0.397 e. The molecule has 7 heteroatoms. The van der Waals surface area contributed by atoms with E-state index in [4.69, 9.17) is 5.73 Å². The van der Waals surface area contributed by atoms with Crippen LogP contribution in [0.4, 0.5) is 15.9 Å². The van der Waals surface area contributed by atoms with Crippen LogP contribution < -0.4 is 11.1 Å². The molecule has 0 aromatic carbocycles. The number of nitrogens with zero attached hydrogens (tertiary/aromatic N) is 2. The van der Waals surface area contributed by atoms with E-state index in [1.165, 1.54) is 12.3 Å². The van der Waals surface area contributed by atoms with Crippen LogP contribution in [-0.4, -0.2) is 15.9 Å². The fourth-order valence-corrected chi connectivity index (χ4v) is 1.69. The first kappa shape index (κ1) is 12.4. The van der Waals surface area contributed by atoms with Gasteiger partial charge < -0.3 is 11.1 Å². The molecule has 0 aliphatic rings. The number of rotatable bonds is 2. The second-order valence-corrected chi connectivity index (χ2v) is 4.27. The topological polar surface area (TPSA) is 80.9 Å². The van der Waals surface area contributed by atoms with Crippen LogP contribution in [0.5, 0.6) is 0 Å². The Kier molecular flexibility index (Phi) is 3.52. The lowest BCUT2D eigenvalue weighted by Crippen LogP contribution is -2.15. The molecule has 0 atom stereocenters. The molecule has 2 aromatic rings. The Bertz CT molecular complexity index is 588. The number of pyridine rings is 2. The third-order valence-corrected chi connectivity index (χ3v) is 2.66. The van der Waals surface area contributed by atoms with Crippen molar-refractivity contribution >= 4 is 33.3 Å². The first-order valence-electron chi connectivity index (χ1n) is 4.90. The van der Waals surface area contributed by atoms with Crippen molar-refractivity contribution in [3.63, 3.8) is 0 Å². The molecule has 2 rings (SSSR count). The second-order valence-electron chi connectivity index (χ2n) is 3.41. The molecule has 2 heterocycles. The van der Waals surface area contributed by atoms with Gasteiger partial charge in [0.2, 0.25) is 0 Å². The maximum absolute atomic E-state index is 12.7. The molecule has 0 saturated heterocycles. The number of hydrogen-bond donors (Lipinski definition) is 2. The average Bonchev–Trinajstić information content (AvgIpc) is 2.33. The molecule has 0 unspecified atom stereocenters. The van der Waals surface area contributed by atoms with Gasteiger partial charge in [-0.1, -0.05) is 0 Å². The van der Waals surface area contributed by atoms with Crippen LogP contribution in [0.25, 0.3) is 0 Å². The first-order chi connectivity index (χ1) is 8.56. The molecule has 1 amide bonds. The van der Waals surface area contributed by atoms with Crippen molar-refractivity contribution < 1.29 is 9.18 Å². The summed E-state index contributed by atoms with van der Waals surface area (Å²) in [6.07, 6.45) is 2.39. The van der Waals surface area contributed by atoms with Gasteiger partial charge in [-0.25, -0.2) is 14.4 Å². The Morgan fingerprint density at radius 2 is 2.11 bits per heavy atom. The minimum absolute atomic E-state index is 0.0990. The summed E-state index contributed by atoms with van der Waals surface area (Å²) in [4.78, 5) is 19.4. The van der Waals surface area contributed by atoms with Gasteiger partial charge >= 0.3 is 0 Å². The van der Waals surface area contributed by atoms with E-state index in [2.05, 4.69) is 31.2 Å². The zero-order valence-corrected chi connectivity index (χ0v) is 10.6. The van der Waals surface area contributed by atoms with Crippen LogP contribution in [0.15, 0.2) is 35.1 Å². The van der Waals surface area contributed by atoms with Crippen LogP contribution in [0.3, 0.4) is 0 Å². The highest BCUT2D eigenvalue weighted by atomic mass is 79.9. The van der Waals surface area contributed by atoms with Crippen LogP contribution in [0, 0.1) is 5.82 Å². The van der Waals surface area contributed by atoms with Gasteiger partial charge in [-0.15, -0.1) is 0 Å². The Morgan fingerprint density at radius 1 is 1.33 bits per heavy atom. The van der Waals surface area contributed by atoms with Crippen LogP contribution in [0.1, 0.15) is 10.5 Å². The van der Waals surface area contributed by atoms with Gasteiger partial charge in [0.25, 0.3) is 5.91 Å². The summed E-state index contributed by atoms with van der Waals surface area (Å²) in [7, 11) is 0. The summed E-state index contributed by atoms with van der Waals surface area (Å²) in [6.45, 7) is 0. The normalized spacial score (nSPS) is 10.1. The molecule has 18 heavy (non-hydrogen) atoms. The van der Waals surface area contributed by atoms with E-state index in [0.717, 1.165) is 12.3 Å². The summed E-state index contributed by atoms with van der Waals surface area (Å²) in [5.74, 6) is -0.661. The van der Waals surface area contributed by atoms with E-state index in [0.29, 0.717) is 16.0 Å². The van der Waals surface area contributed by atoms with Gasteiger partial charge in [0.1, 0.15) is 17.3 Å². The van der Waals surface area contributed by atoms with Crippen molar-refractivity contribution in [1.29, 1.82) is 0 Å². The van der Waals surface area contributed by atoms with Gasteiger partial charge in [-0.05, 0) is 34.1 Å². The lowest BCUT2D eigenvalue weighted by molar-refractivity contribution is 0.102. The fraction of sp³-hybridized carbons (Fsp3) is 0.